The molecular weight excluding hydrogens is 162 g/mol. The fourth-order valence-corrected chi connectivity index (χ4v) is 1.47. The molecule has 0 aliphatic rings. The molecule has 0 radical (unpaired) electrons. The van der Waals surface area contributed by atoms with Crippen molar-refractivity contribution >= 4 is 0 Å². The van der Waals surface area contributed by atoms with Gasteiger partial charge >= 0.3 is 0 Å². The van der Waals surface area contributed by atoms with Crippen molar-refractivity contribution in [2.75, 3.05) is 0 Å². The summed E-state index contributed by atoms with van der Waals surface area (Å²) in [4.78, 5) is 4.09. The van der Waals surface area contributed by atoms with Gasteiger partial charge < -0.3 is 5.11 Å². The summed E-state index contributed by atoms with van der Waals surface area (Å²) in [6.45, 7) is 5.97. The lowest BCUT2D eigenvalue weighted by Crippen LogP contribution is -2.23. The Labute approximate surface area is 79.6 Å². The number of nitrogens with zero attached hydrogens (tertiary/aromatic N) is 1. The summed E-state index contributed by atoms with van der Waals surface area (Å²) in [5.41, 5.74) is 1.33. The molecular formula is C11H17NO. The van der Waals surface area contributed by atoms with Gasteiger partial charge in [0.05, 0.1) is 5.60 Å². The van der Waals surface area contributed by atoms with E-state index in [2.05, 4.69) is 4.98 Å². The van der Waals surface area contributed by atoms with E-state index in [0.717, 1.165) is 24.0 Å². The molecule has 1 N–H and O–H groups in total. The zero-order valence-electron chi connectivity index (χ0n) is 8.54. The van der Waals surface area contributed by atoms with Crippen LogP contribution in [0.15, 0.2) is 18.5 Å². The van der Waals surface area contributed by atoms with Gasteiger partial charge in [-0.15, -0.1) is 0 Å². The summed E-state index contributed by atoms with van der Waals surface area (Å²) < 4.78 is 0. The van der Waals surface area contributed by atoms with Gasteiger partial charge in [0.25, 0.3) is 0 Å². The zero-order chi connectivity index (χ0) is 9.90. The molecule has 2 nitrogen and oxygen atoms in total. The SMILES string of the molecule is CCC(O)(CC)c1cncc(C)c1. The maximum absolute atomic E-state index is 10.2. The lowest BCUT2D eigenvalue weighted by Gasteiger charge is -2.25. The summed E-state index contributed by atoms with van der Waals surface area (Å²) >= 11 is 0. The summed E-state index contributed by atoms with van der Waals surface area (Å²) in [6.07, 6.45) is 5.01. The molecule has 0 saturated heterocycles. The molecule has 0 unspecified atom stereocenters. The molecule has 0 atom stereocenters. The van der Waals surface area contributed by atoms with Crippen LogP contribution >= 0.6 is 0 Å². The molecule has 0 fully saturated rings. The van der Waals surface area contributed by atoms with E-state index < -0.39 is 5.60 Å². The van der Waals surface area contributed by atoms with Crippen molar-refractivity contribution in [2.24, 2.45) is 0 Å². The molecule has 13 heavy (non-hydrogen) atoms. The second-order valence-corrected chi connectivity index (χ2v) is 3.49. The minimum Gasteiger partial charge on any atom is -0.385 e. The first-order valence-electron chi connectivity index (χ1n) is 4.77. The summed E-state index contributed by atoms with van der Waals surface area (Å²) in [5.74, 6) is 0. The van der Waals surface area contributed by atoms with Crippen molar-refractivity contribution in [3.63, 3.8) is 0 Å². The molecule has 0 aromatic carbocycles. The van der Waals surface area contributed by atoms with Crippen LogP contribution in [0.3, 0.4) is 0 Å². The van der Waals surface area contributed by atoms with E-state index in [-0.39, 0.29) is 0 Å². The van der Waals surface area contributed by atoms with Gasteiger partial charge in [-0.05, 0) is 25.3 Å². The van der Waals surface area contributed by atoms with Crippen LogP contribution in [0.4, 0.5) is 0 Å². The van der Waals surface area contributed by atoms with Crippen LogP contribution in [-0.2, 0) is 5.60 Å². The fraction of sp³-hybridized carbons (Fsp3) is 0.545. The van der Waals surface area contributed by atoms with Gasteiger partial charge in [0, 0.05) is 18.0 Å². The number of hydrogen-bond donors (Lipinski definition) is 1. The number of aromatic nitrogens is 1. The Bertz CT molecular complexity index is 279. The summed E-state index contributed by atoms with van der Waals surface area (Å²) in [5, 5.41) is 10.2. The third-order valence-corrected chi connectivity index (χ3v) is 2.58. The first-order chi connectivity index (χ1) is 6.12. The summed E-state index contributed by atoms with van der Waals surface area (Å²) in [6, 6.07) is 2.00. The Morgan fingerprint density at radius 2 is 1.92 bits per heavy atom. The first-order valence-corrected chi connectivity index (χ1v) is 4.77. The number of rotatable bonds is 3. The van der Waals surface area contributed by atoms with Gasteiger partial charge in [0.2, 0.25) is 0 Å². The monoisotopic (exact) mass is 179 g/mol. The van der Waals surface area contributed by atoms with Gasteiger partial charge in [-0.25, -0.2) is 0 Å². The van der Waals surface area contributed by atoms with E-state index in [1.54, 1.807) is 12.4 Å². The third kappa shape index (κ3) is 2.07. The molecule has 0 bridgehead atoms. The zero-order valence-corrected chi connectivity index (χ0v) is 8.54. The van der Waals surface area contributed by atoms with Gasteiger partial charge in [-0.1, -0.05) is 19.9 Å². The molecule has 1 heterocycles. The highest BCUT2D eigenvalue weighted by molar-refractivity contribution is 5.22. The largest absolute Gasteiger partial charge is 0.385 e. The van der Waals surface area contributed by atoms with Crippen molar-refractivity contribution < 1.29 is 5.11 Å². The van der Waals surface area contributed by atoms with E-state index in [4.69, 9.17) is 0 Å². The number of aliphatic hydroxyl groups is 1. The number of aryl methyl sites for hydroxylation is 1. The average Bonchev–Trinajstić information content (AvgIpc) is 2.17. The van der Waals surface area contributed by atoms with Crippen LogP contribution < -0.4 is 0 Å². The van der Waals surface area contributed by atoms with Crippen molar-refractivity contribution in [2.45, 2.75) is 39.2 Å². The molecule has 1 aromatic rings. The molecule has 0 amide bonds. The van der Waals surface area contributed by atoms with Crippen molar-refractivity contribution in [1.82, 2.24) is 4.98 Å². The minimum atomic E-state index is -0.695. The highest BCUT2D eigenvalue weighted by Gasteiger charge is 2.24. The lowest BCUT2D eigenvalue weighted by atomic mass is 9.89. The number of hydrogen-bond acceptors (Lipinski definition) is 2. The average molecular weight is 179 g/mol. The number of pyridine rings is 1. The van der Waals surface area contributed by atoms with Gasteiger partial charge in [0.1, 0.15) is 0 Å². The molecule has 0 saturated carbocycles. The van der Waals surface area contributed by atoms with E-state index in [1.165, 1.54) is 0 Å². The van der Waals surface area contributed by atoms with Crippen LogP contribution in [-0.4, -0.2) is 10.1 Å². The molecule has 2 heteroatoms. The Morgan fingerprint density at radius 1 is 1.31 bits per heavy atom. The van der Waals surface area contributed by atoms with Crippen molar-refractivity contribution in [1.29, 1.82) is 0 Å². The second-order valence-electron chi connectivity index (χ2n) is 3.49. The summed E-state index contributed by atoms with van der Waals surface area (Å²) in [7, 11) is 0. The maximum Gasteiger partial charge on any atom is 0.0906 e. The second kappa shape index (κ2) is 3.88. The van der Waals surface area contributed by atoms with Crippen LogP contribution in [0.25, 0.3) is 0 Å². The van der Waals surface area contributed by atoms with E-state index >= 15 is 0 Å². The van der Waals surface area contributed by atoms with Gasteiger partial charge in [-0.3, -0.25) is 4.98 Å². The highest BCUT2D eigenvalue weighted by atomic mass is 16.3. The van der Waals surface area contributed by atoms with Crippen LogP contribution in [0.5, 0.6) is 0 Å². The van der Waals surface area contributed by atoms with Crippen LogP contribution in [0.2, 0.25) is 0 Å². The Hall–Kier alpha value is -0.890. The normalized spacial score (nSPS) is 11.7. The smallest absolute Gasteiger partial charge is 0.0906 e. The first kappa shape index (κ1) is 10.2. The predicted octanol–water partition coefficient (Wildman–Crippen LogP) is 2.40. The van der Waals surface area contributed by atoms with Crippen molar-refractivity contribution in [3.8, 4) is 0 Å². The van der Waals surface area contributed by atoms with Crippen LogP contribution in [0, 0.1) is 6.92 Å². The van der Waals surface area contributed by atoms with Gasteiger partial charge in [0.15, 0.2) is 0 Å². The standard InChI is InChI=1S/C11H17NO/c1-4-11(13,5-2)10-6-9(3)7-12-8-10/h6-8,13H,4-5H2,1-3H3. The Kier molecular flexibility index (Phi) is 3.04. The van der Waals surface area contributed by atoms with Crippen LogP contribution in [0.1, 0.15) is 37.8 Å². The van der Waals surface area contributed by atoms with Crippen molar-refractivity contribution in [3.05, 3.63) is 29.6 Å². The topological polar surface area (TPSA) is 33.1 Å². The van der Waals surface area contributed by atoms with E-state index in [1.807, 2.05) is 26.8 Å². The molecule has 0 aliphatic carbocycles. The lowest BCUT2D eigenvalue weighted by molar-refractivity contribution is 0.0280. The van der Waals surface area contributed by atoms with E-state index in [0.29, 0.717) is 0 Å². The highest BCUT2D eigenvalue weighted by Crippen LogP contribution is 2.27. The minimum absolute atomic E-state index is 0.695. The Morgan fingerprint density at radius 3 is 2.38 bits per heavy atom. The third-order valence-electron chi connectivity index (χ3n) is 2.58. The quantitative estimate of drug-likeness (QED) is 0.773. The molecule has 1 rings (SSSR count). The molecule has 0 aliphatic heterocycles. The molecule has 0 spiro atoms. The predicted molar refractivity (Wildman–Crippen MR) is 53.5 cm³/mol. The molecule has 1 aromatic heterocycles. The maximum atomic E-state index is 10.2. The molecule has 72 valence electrons. The van der Waals surface area contributed by atoms with Gasteiger partial charge in [-0.2, -0.15) is 0 Å². The fourth-order valence-electron chi connectivity index (χ4n) is 1.47. The van der Waals surface area contributed by atoms with E-state index in [9.17, 15) is 5.11 Å². The Balaban J connectivity index is 3.05.